The number of carbonyl (C=O) groups is 1. The minimum absolute atomic E-state index is 0.0414. The Hall–Kier alpha value is -0.770. The monoisotopic (exact) mass is 253 g/mol. The van der Waals surface area contributed by atoms with Gasteiger partial charge in [-0.15, -0.1) is 0 Å². The van der Waals surface area contributed by atoms with E-state index in [0.717, 1.165) is 45.4 Å². The number of rotatable bonds is 0. The SMILES string of the molecule is CC1(C)CN(C(=O)N2CCCCCC2)CCC1N. The highest BCUT2D eigenvalue weighted by Gasteiger charge is 2.36. The molecule has 2 aliphatic heterocycles. The summed E-state index contributed by atoms with van der Waals surface area (Å²) in [6.07, 6.45) is 5.76. The quantitative estimate of drug-likeness (QED) is 0.718. The summed E-state index contributed by atoms with van der Waals surface area (Å²) >= 11 is 0. The second-order valence-corrected chi connectivity index (χ2v) is 6.49. The first kappa shape index (κ1) is 13.7. The van der Waals surface area contributed by atoms with Gasteiger partial charge in [0.05, 0.1) is 0 Å². The van der Waals surface area contributed by atoms with Crippen molar-refractivity contribution in [1.82, 2.24) is 9.80 Å². The van der Waals surface area contributed by atoms with Crippen LogP contribution in [0.15, 0.2) is 0 Å². The highest BCUT2D eigenvalue weighted by Crippen LogP contribution is 2.28. The maximum Gasteiger partial charge on any atom is 0.320 e. The highest BCUT2D eigenvalue weighted by atomic mass is 16.2. The molecule has 2 amide bonds. The molecule has 0 aromatic heterocycles. The predicted molar refractivity (Wildman–Crippen MR) is 73.4 cm³/mol. The second kappa shape index (κ2) is 5.47. The minimum Gasteiger partial charge on any atom is -0.327 e. The molecule has 0 aromatic rings. The smallest absolute Gasteiger partial charge is 0.320 e. The topological polar surface area (TPSA) is 49.6 Å². The van der Waals surface area contributed by atoms with Crippen molar-refractivity contribution in [2.24, 2.45) is 11.1 Å². The van der Waals surface area contributed by atoms with Crippen molar-refractivity contribution < 1.29 is 4.79 Å². The fourth-order valence-corrected chi connectivity index (χ4v) is 3.00. The molecule has 18 heavy (non-hydrogen) atoms. The number of amides is 2. The van der Waals surface area contributed by atoms with E-state index in [9.17, 15) is 4.79 Å². The van der Waals surface area contributed by atoms with Gasteiger partial charge >= 0.3 is 6.03 Å². The Morgan fingerprint density at radius 2 is 1.67 bits per heavy atom. The van der Waals surface area contributed by atoms with Crippen molar-refractivity contribution in [3.63, 3.8) is 0 Å². The summed E-state index contributed by atoms with van der Waals surface area (Å²) in [4.78, 5) is 16.6. The molecular weight excluding hydrogens is 226 g/mol. The fraction of sp³-hybridized carbons (Fsp3) is 0.929. The third-order valence-corrected chi connectivity index (χ3v) is 4.46. The third kappa shape index (κ3) is 2.97. The summed E-state index contributed by atoms with van der Waals surface area (Å²) in [6, 6.07) is 0.447. The van der Waals surface area contributed by atoms with E-state index in [1.165, 1.54) is 12.8 Å². The van der Waals surface area contributed by atoms with Crippen LogP contribution in [0, 0.1) is 5.41 Å². The summed E-state index contributed by atoms with van der Waals surface area (Å²) in [7, 11) is 0. The molecule has 2 rings (SSSR count). The number of piperidine rings is 1. The maximum atomic E-state index is 12.5. The molecule has 2 fully saturated rings. The molecule has 2 saturated heterocycles. The zero-order valence-corrected chi connectivity index (χ0v) is 11.8. The molecule has 0 spiro atoms. The summed E-state index contributed by atoms with van der Waals surface area (Å²) in [5.41, 5.74) is 6.17. The molecule has 4 nitrogen and oxygen atoms in total. The van der Waals surface area contributed by atoms with Gasteiger partial charge in [0.2, 0.25) is 0 Å². The number of hydrogen-bond donors (Lipinski definition) is 1. The summed E-state index contributed by atoms with van der Waals surface area (Å²) < 4.78 is 0. The summed E-state index contributed by atoms with van der Waals surface area (Å²) in [5, 5.41) is 0. The Balaban J connectivity index is 1.96. The van der Waals surface area contributed by atoms with Crippen molar-refractivity contribution in [3.8, 4) is 0 Å². The van der Waals surface area contributed by atoms with E-state index in [4.69, 9.17) is 5.73 Å². The lowest BCUT2D eigenvalue weighted by molar-refractivity contribution is 0.0896. The lowest BCUT2D eigenvalue weighted by Crippen LogP contribution is -2.56. The molecule has 0 saturated carbocycles. The Morgan fingerprint density at radius 3 is 2.22 bits per heavy atom. The first-order valence-electron chi connectivity index (χ1n) is 7.30. The van der Waals surface area contributed by atoms with Crippen LogP contribution in [-0.4, -0.2) is 48.1 Å². The van der Waals surface area contributed by atoms with Crippen LogP contribution in [0.1, 0.15) is 46.0 Å². The van der Waals surface area contributed by atoms with Crippen LogP contribution in [0.25, 0.3) is 0 Å². The van der Waals surface area contributed by atoms with E-state index in [1.807, 2.05) is 9.80 Å². The standard InChI is InChI=1S/C14H27N3O/c1-14(2)11-17(10-7-12(14)15)13(18)16-8-5-3-4-6-9-16/h12H,3-11,15H2,1-2H3. The molecule has 0 radical (unpaired) electrons. The van der Waals surface area contributed by atoms with Crippen molar-refractivity contribution in [2.45, 2.75) is 52.0 Å². The van der Waals surface area contributed by atoms with Crippen molar-refractivity contribution in [3.05, 3.63) is 0 Å². The van der Waals surface area contributed by atoms with Crippen LogP contribution in [0.4, 0.5) is 4.79 Å². The number of likely N-dealkylation sites (tertiary alicyclic amines) is 2. The molecule has 0 aromatic carbocycles. The van der Waals surface area contributed by atoms with Crippen LogP contribution in [-0.2, 0) is 0 Å². The van der Waals surface area contributed by atoms with Gasteiger partial charge in [-0.2, -0.15) is 0 Å². The van der Waals surface area contributed by atoms with Gasteiger partial charge in [-0.25, -0.2) is 4.79 Å². The third-order valence-electron chi connectivity index (χ3n) is 4.46. The second-order valence-electron chi connectivity index (χ2n) is 6.49. The van der Waals surface area contributed by atoms with Gasteiger partial charge in [-0.1, -0.05) is 26.7 Å². The van der Waals surface area contributed by atoms with Gasteiger partial charge < -0.3 is 15.5 Å². The van der Waals surface area contributed by atoms with E-state index < -0.39 is 0 Å². The highest BCUT2D eigenvalue weighted by molar-refractivity contribution is 5.74. The zero-order valence-electron chi connectivity index (χ0n) is 11.8. The first-order valence-corrected chi connectivity index (χ1v) is 7.30. The minimum atomic E-state index is 0.0414. The summed E-state index contributed by atoms with van der Waals surface area (Å²) in [6.45, 7) is 7.81. The average molecular weight is 253 g/mol. The van der Waals surface area contributed by atoms with Gasteiger partial charge in [-0.3, -0.25) is 0 Å². The molecule has 2 heterocycles. The van der Waals surface area contributed by atoms with Crippen molar-refractivity contribution in [2.75, 3.05) is 26.2 Å². The van der Waals surface area contributed by atoms with Gasteiger partial charge in [0, 0.05) is 32.2 Å². The molecule has 2 aliphatic rings. The lowest BCUT2D eigenvalue weighted by Gasteiger charge is -2.44. The molecule has 104 valence electrons. The van der Waals surface area contributed by atoms with E-state index in [1.54, 1.807) is 0 Å². The number of urea groups is 1. The van der Waals surface area contributed by atoms with E-state index in [-0.39, 0.29) is 17.5 Å². The van der Waals surface area contributed by atoms with Crippen molar-refractivity contribution >= 4 is 6.03 Å². The maximum absolute atomic E-state index is 12.5. The largest absolute Gasteiger partial charge is 0.327 e. The predicted octanol–water partition coefficient (Wildman–Crippen LogP) is 2.04. The molecule has 1 unspecified atom stereocenters. The lowest BCUT2D eigenvalue weighted by atomic mass is 9.80. The summed E-state index contributed by atoms with van der Waals surface area (Å²) in [5.74, 6) is 0. The van der Waals surface area contributed by atoms with Crippen LogP contribution < -0.4 is 5.73 Å². The number of nitrogens with zero attached hydrogens (tertiary/aromatic N) is 2. The number of nitrogens with two attached hydrogens (primary N) is 1. The van der Waals surface area contributed by atoms with Crippen LogP contribution in [0.3, 0.4) is 0 Å². The van der Waals surface area contributed by atoms with Gasteiger partial charge in [0.15, 0.2) is 0 Å². The van der Waals surface area contributed by atoms with E-state index in [2.05, 4.69) is 13.8 Å². The van der Waals surface area contributed by atoms with Crippen LogP contribution in [0.2, 0.25) is 0 Å². The molecule has 2 N–H and O–H groups in total. The normalized spacial score (nSPS) is 28.9. The number of carbonyl (C=O) groups excluding carboxylic acids is 1. The Bertz CT molecular complexity index is 295. The average Bonchev–Trinajstić information content (AvgIpc) is 2.60. The van der Waals surface area contributed by atoms with Crippen molar-refractivity contribution in [1.29, 1.82) is 0 Å². The Kier molecular flexibility index (Phi) is 4.15. The Labute approximate surface area is 110 Å². The molecule has 4 heteroatoms. The molecule has 0 bridgehead atoms. The first-order chi connectivity index (χ1) is 8.50. The van der Waals surface area contributed by atoms with E-state index >= 15 is 0 Å². The van der Waals surface area contributed by atoms with E-state index in [0.29, 0.717) is 0 Å². The molecule has 1 atom stereocenters. The Morgan fingerprint density at radius 1 is 1.06 bits per heavy atom. The van der Waals surface area contributed by atoms with Gasteiger partial charge in [-0.05, 0) is 24.7 Å². The molecular formula is C14H27N3O. The van der Waals surface area contributed by atoms with Gasteiger partial charge in [0.25, 0.3) is 0 Å². The van der Waals surface area contributed by atoms with Crippen LogP contribution in [0.5, 0.6) is 0 Å². The molecule has 0 aliphatic carbocycles. The number of hydrogen-bond acceptors (Lipinski definition) is 2. The zero-order chi connectivity index (χ0) is 13.2. The van der Waals surface area contributed by atoms with Gasteiger partial charge in [0.1, 0.15) is 0 Å². The van der Waals surface area contributed by atoms with Crippen LogP contribution >= 0.6 is 0 Å². The fourth-order valence-electron chi connectivity index (χ4n) is 3.00.